The van der Waals surface area contributed by atoms with Gasteiger partial charge in [-0.3, -0.25) is 19.6 Å². The number of hydrogen-bond donors (Lipinski definition) is 0. The molecule has 0 aliphatic carbocycles. The van der Waals surface area contributed by atoms with E-state index in [1.54, 1.807) is 23.9 Å². The molecule has 1 aromatic heterocycles. The van der Waals surface area contributed by atoms with Crippen LogP contribution in [0, 0.1) is 10.1 Å². The Balaban J connectivity index is 2.20. The Labute approximate surface area is 123 Å². The number of carbonyl (C=O) groups is 1. The number of non-ortho nitro benzene ring substituents is 1. The normalized spacial score (nSPS) is 10.5. The second kappa shape index (κ2) is 5.96. The Bertz CT molecular complexity index is 667. The minimum Gasteiger partial charge on any atom is -0.294 e. The second-order valence-electron chi connectivity index (χ2n) is 4.24. The average molecular weight is 338 g/mol. The van der Waals surface area contributed by atoms with Gasteiger partial charge in [0.1, 0.15) is 0 Å². The van der Waals surface area contributed by atoms with E-state index in [9.17, 15) is 14.9 Å². The van der Waals surface area contributed by atoms with Crippen LogP contribution in [0.3, 0.4) is 0 Å². The van der Waals surface area contributed by atoms with Gasteiger partial charge in [-0.2, -0.15) is 5.10 Å². The Kier molecular flexibility index (Phi) is 4.29. The van der Waals surface area contributed by atoms with Crippen LogP contribution in [0.4, 0.5) is 5.69 Å². The van der Waals surface area contributed by atoms with Crippen LogP contribution in [0.2, 0.25) is 0 Å². The van der Waals surface area contributed by atoms with Crippen LogP contribution in [0.5, 0.6) is 0 Å². The zero-order chi connectivity index (χ0) is 14.7. The van der Waals surface area contributed by atoms with Gasteiger partial charge < -0.3 is 0 Å². The maximum absolute atomic E-state index is 11.5. The van der Waals surface area contributed by atoms with Gasteiger partial charge in [-0.15, -0.1) is 0 Å². The van der Waals surface area contributed by atoms with Crippen LogP contribution >= 0.6 is 15.9 Å². The van der Waals surface area contributed by atoms with E-state index in [-0.39, 0.29) is 11.5 Å². The summed E-state index contributed by atoms with van der Waals surface area (Å²) in [4.78, 5) is 21.7. The van der Waals surface area contributed by atoms with Crippen molar-refractivity contribution in [2.45, 2.75) is 19.9 Å². The van der Waals surface area contributed by atoms with Crippen molar-refractivity contribution in [2.75, 3.05) is 0 Å². The number of aromatic nitrogens is 2. The molecule has 0 N–H and O–H groups in total. The van der Waals surface area contributed by atoms with E-state index in [4.69, 9.17) is 0 Å². The maximum atomic E-state index is 11.5. The molecule has 1 aromatic carbocycles. The largest absolute Gasteiger partial charge is 0.294 e. The number of Topliss-reactive ketones (excluding diaryl/α,β-unsaturated/α-hetero) is 1. The van der Waals surface area contributed by atoms with E-state index < -0.39 is 4.92 Å². The molecule has 7 heteroatoms. The van der Waals surface area contributed by atoms with Gasteiger partial charge in [-0.25, -0.2) is 0 Å². The molecule has 1 heterocycles. The first-order valence-electron chi connectivity index (χ1n) is 5.99. The Hall–Kier alpha value is -2.02. The highest BCUT2D eigenvalue weighted by Crippen LogP contribution is 2.23. The highest BCUT2D eigenvalue weighted by Gasteiger charge is 2.11. The summed E-state index contributed by atoms with van der Waals surface area (Å²) < 4.78 is 2.28. The van der Waals surface area contributed by atoms with E-state index in [0.717, 1.165) is 5.56 Å². The number of hydrogen-bond acceptors (Lipinski definition) is 4. The summed E-state index contributed by atoms with van der Waals surface area (Å²) in [6.07, 6.45) is 3.65. The molecule has 0 saturated heterocycles. The molecule has 2 aromatic rings. The van der Waals surface area contributed by atoms with Crippen LogP contribution in [-0.4, -0.2) is 20.5 Å². The molecule has 0 aliphatic heterocycles. The molecule has 0 bridgehead atoms. The fourth-order valence-electron chi connectivity index (χ4n) is 1.75. The quantitative estimate of drug-likeness (QED) is 0.476. The smallest absolute Gasteiger partial charge is 0.270 e. The maximum Gasteiger partial charge on any atom is 0.270 e. The van der Waals surface area contributed by atoms with Crippen molar-refractivity contribution >= 4 is 27.4 Å². The summed E-state index contributed by atoms with van der Waals surface area (Å²) in [5, 5.41) is 14.8. The lowest BCUT2D eigenvalue weighted by Crippen LogP contribution is -2.01. The van der Waals surface area contributed by atoms with E-state index in [2.05, 4.69) is 21.0 Å². The van der Waals surface area contributed by atoms with Crippen LogP contribution in [0.15, 0.2) is 35.1 Å². The molecule has 0 saturated carbocycles. The summed E-state index contributed by atoms with van der Waals surface area (Å²) in [5.41, 5.74) is 1.46. The molecule has 0 spiro atoms. The predicted octanol–water partition coefficient (Wildman–Crippen LogP) is 3.19. The van der Waals surface area contributed by atoms with Gasteiger partial charge >= 0.3 is 0 Å². The average Bonchev–Trinajstić information content (AvgIpc) is 2.88. The third-order valence-corrected chi connectivity index (χ3v) is 3.59. The van der Waals surface area contributed by atoms with Crippen LogP contribution in [0.25, 0.3) is 0 Å². The van der Waals surface area contributed by atoms with Crippen LogP contribution in [0.1, 0.15) is 29.3 Å². The van der Waals surface area contributed by atoms with Gasteiger partial charge in [0, 0.05) is 29.2 Å². The van der Waals surface area contributed by atoms with Crippen molar-refractivity contribution in [3.8, 4) is 0 Å². The van der Waals surface area contributed by atoms with E-state index in [1.807, 2.05) is 0 Å². The molecule has 20 heavy (non-hydrogen) atoms. The second-order valence-corrected chi connectivity index (χ2v) is 5.09. The Morgan fingerprint density at radius 1 is 1.50 bits per heavy atom. The summed E-state index contributed by atoms with van der Waals surface area (Å²) in [6, 6.07) is 4.57. The number of benzene rings is 1. The molecule has 0 amide bonds. The number of nitro groups is 1. The van der Waals surface area contributed by atoms with E-state index in [1.165, 1.54) is 18.3 Å². The van der Waals surface area contributed by atoms with Gasteiger partial charge in [0.25, 0.3) is 5.69 Å². The first kappa shape index (κ1) is 14.4. The Morgan fingerprint density at radius 3 is 2.85 bits per heavy atom. The highest BCUT2D eigenvalue weighted by molar-refractivity contribution is 9.10. The molecule has 0 fully saturated rings. The highest BCUT2D eigenvalue weighted by atomic mass is 79.9. The minimum atomic E-state index is -0.444. The van der Waals surface area contributed by atoms with Crippen molar-refractivity contribution in [1.29, 1.82) is 0 Å². The summed E-state index contributed by atoms with van der Waals surface area (Å²) in [6.45, 7) is 2.24. The lowest BCUT2D eigenvalue weighted by Gasteiger charge is -2.04. The number of ketones is 1. The fraction of sp³-hybridized carbons (Fsp3) is 0.231. The SMILES string of the molecule is CCC(=O)c1cnn(Cc2ccc([N+](=O)[O-])cc2Br)c1. The zero-order valence-corrected chi connectivity index (χ0v) is 12.3. The van der Waals surface area contributed by atoms with E-state index >= 15 is 0 Å². The van der Waals surface area contributed by atoms with Crippen molar-refractivity contribution in [3.05, 3.63) is 56.3 Å². The first-order valence-corrected chi connectivity index (χ1v) is 6.79. The molecular weight excluding hydrogens is 326 g/mol. The van der Waals surface area contributed by atoms with Crippen LogP contribution < -0.4 is 0 Å². The van der Waals surface area contributed by atoms with Gasteiger partial charge in [-0.1, -0.05) is 22.9 Å². The number of nitrogens with zero attached hydrogens (tertiary/aromatic N) is 3. The fourth-order valence-corrected chi connectivity index (χ4v) is 2.24. The molecule has 0 unspecified atom stereocenters. The predicted molar refractivity (Wildman–Crippen MR) is 76.7 cm³/mol. The zero-order valence-electron chi connectivity index (χ0n) is 10.7. The van der Waals surface area contributed by atoms with Crippen molar-refractivity contribution in [1.82, 2.24) is 9.78 Å². The van der Waals surface area contributed by atoms with Gasteiger partial charge in [-0.05, 0) is 11.6 Å². The number of nitro benzene ring substituents is 1. The van der Waals surface area contributed by atoms with Crippen molar-refractivity contribution < 1.29 is 9.72 Å². The summed E-state index contributed by atoms with van der Waals surface area (Å²) >= 11 is 3.31. The topological polar surface area (TPSA) is 78.0 Å². The molecule has 2 rings (SSSR count). The lowest BCUT2D eigenvalue weighted by atomic mass is 10.2. The molecular formula is C13H12BrN3O3. The molecule has 0 aliphatic rings. The van der Waals surface area contributed by atoms with Crippen LogP contribution in [-0.2, 0) is 6.54 Å². The van der Waals surface area contributed by atoms with E-state index in [0.29, 0.717) is 23.0 Å². The summed E-state index contributed by atoms with van der Waals surface area (Å²) in [5.74, 6) is 0.0408. The summed E-state index contributed by atoms with van der Waals surface area (Å²) in [7, 11) is 0. The third kappa shape index (κ3) is 3.11. The molecule has 104 valence electrons. The monoisotopic (exact) mass is 337 g/mol. The first-order chi connectivity index (χ1) is 9.51. The van der Waals surface area contributed by atoms with Gasteiger partial charge in [0.05, 0.1) is 23.2 Å². The van der Waals surface area contributed by atoms with Crippen molar-refractivity contribution in [2.24, 2.45) is 0 Å². The number of halogens is 1. The van der Waals surface area contributed by atoms with Gasteiger partial charge in [0.2, 0.25) is 0 Å². The molecule has 0 atom stereocenters. The standard InChI is InChI=1S/C13H12BrN3O3/c1-2-13(18)10-6-15-16(8-10)7-9-3-4-11(17(19)20)5-12(9)14/h3-6,8H,2,7H2,1H3. The minimum absolute atomic E-state index is 0.0305. The molecule has 0 radical (unpaired) electrons. The number of carbonyl (C=O) groups excluding carboxylic acids is 1. The Morgan fingerprint density at radius 2 is 2.25 bits per heavy atom. The third-order valence-electron chi connectivity index (χ3n) is 2.86. The number of rotatable bonds is 5. The lowest BCUT2D eigenvalue weighted by molar-refractivity contribution is -0.384. The van der Waals surface area contributed by atoms with Gasteiger partial charge in [0.15, 0.2) is 5.78 Å². The molecule has 6 nitrogen and oxygen atoms in total. The van der Waals surface area contributed by atoms with Crippen molar-refractivity contribution in [3.63, 3.8) is 0 Å².